The van der Waals surface area contributed by atoms with Gasteiger partial charge in [-0.3, -0.25) is 9.89 Å². The Kier molecular flexibility index (Phi) is 10.2. The number of phenols is 1. The Morgan fingerprint density at radius 2 is 2.00 bits per heavy atom. The Bertz CT molecular complexity index is 605. The molecule has 1 aromatic rings. The van der Waals surface area contributed by atoms with Gasteiger partial charge in [-0.05, 0) is 31.9 Å². The predicted molar refractivity (Wildman–Crippen MR) is 120 cm³/mol. The van der Waals surface area contributed by atoms with Gasteiger partial charge in [-0.1, -0.05) is 6.07 Å². The van der Waals surface area contributed by atoms with E-state index in [1.807, 2.05) is 12.1 Å². The summed E-state index contributed by atoms with van der Waals surface area (Å²) in [6.07, 6.45) is 0.698. The van der Waals surface area contributed by atoms with Gasteiger partial charge in [0.15, 0.2) is 5.96 Å². The van der Waals surface area contributed by atoms with E-state index in [0.29, 0.717) is 18.7 Å². The zero-order valence-corrected chi connectivity index (χ0v) is 19.1. The molecule has 0 saturated carbocycles. The smallest absolute Gasteiger partial charge is 0.191 e. The van der Waals surface area contributed by atoms with Crippen molar-refractivity contribution in [3.8, 4) is 11.5 Å². The fourth-order valence-electron chi connectivity index (χ4n) is 3.00. The van der Waals surface area contributed by atoms with Crippen molar-refractivity contribution in [1.82, 2.24) is 15.5 Å². The molecule has 3 N–H and O–H groups in total. The second kappa shape index (κ2) is 11.6. The Morgan fingerprint density at radius 1 is 1.30 bits per heavy atom. The zero-order chi connectivity index (χ0) is 19.0. The van der Waals surface area contributed by atoms with Crippen LogP contribution in [0.2, 0.25) is 0 Å². The maximum absolute atomic E-state index is 10.0. The van der Waals surface area contributed by atoms with Crippen molar-refractivity contribution in [2.75, 3.05) is 53.6 Å². The fraction of sp³-hybridized carbons (Fsp3) is 0.632. The first-order valence-electron chi connectivity index (χ1n) is 9.09. The number of aromatic hydroxyl groups is 1. The van der Waals surface area contributed by atoms with Gasteiger partial charge in [-0.25, -0.2) is 0 Å². The highest BCUT2D eigenvalue weighted by Gasteiger charge is 2.28. The van der Waals surface area contributed by atoms with E-state index in [2.05, 4.69) is 34.4 Å². The van der Waals surface area contributed by atoms with Crippen LogP contribution in [0.1, 0.15) is 19.4 Å². The van der Waals surface area contributed by atoms with E-state index in [0.717, 1.165) is 44.4 Å². The van der Waals surface area contributed by atoms with Crippen LogP contribution in [-0.2, 0) is 11.2 Å². The summed E-state index contributed by atoms with van der Waals surface area (Å²) >= 11 is 0. The maximum atomic E-state index is 10.0. The lowest BCUT2D eigenvalue weighted by Crippen LogP contribution is -2.56. The number of morpholine rings is 1. The number of aliphatic imine (C=N–C) groups is 1. The number of nitrogens with one attached hydrogen (secondary N) is 2. The lowest BCUT2D eigenvalue weighted by atomic mass is 10.0. The molecule has 27 heavy (non-hydrogen) atoms. The van der Waals surface area contributed by atoms with Gasteiger partial charge in [-0.15, -0.1) is 24.0 Å². The molecule has 0 amide bonds. The summed E-state index contributed by atoms with van der Waals surface area (Å²) < 4.78 is 10.5. The van der Waals surface area contributed by atoms with Crippen LogP contribution in [0.15, 0.2) is 23.2 Å². The van der Waals surface area contributed by atoms with Gasteiger partial charge in [0.2, 0.25) is 0 Å². The van der Waals surface area contributed by atoms with E-state index in [4.69, 9.17) is 9.47 Å². The van der Waals surface area contributed by atoms with E-state index < -0.39 is 0 Å². The van der Waals surface area contributed by atoms with E-state index >= 15 is 0 Å². The molecule has 0 aliphatic carbocycles. The van der Waals surface area contributed by atoms with Crippen molar-refractivity contribution in [1.29, 1.82) is 0 Å². The van der Waals surface area contributed by atoms with Crippen LogP contribution in [0.5, 0.6) is 11.5 Å². The monoisotopic (exact) mass is 492 g/mol. The number of methoxy groups -OCH3 is 1. The fourth-order valence-corrected chi connectivity index (χ4v) is 3.00. The molecule has 1 saturated heterocycles. The molecular weight excluding hydrogens is 459 g/mol. The number of ether oxygens (including phenoxy) is 2. The van der Waals surface area contributed by atoms with Crippen molar-refractivity contribution in [3.63, 3.8) is 0 Å². The second-order valence-corrected chi connectivity index (χ2v) is 7.01. The topological polar surface area (TPSA) is 78.4 Å². The zero-order valence-electron chi connectivity index (χ0n) is 16.7. The highest BCUT2D eigenvalue weighted by atomic mass is 127. The van der Waals surface area contributed by atoms with Gasteiger partial charge in [-0.2, -0.15) is 0 Å². The van der Waals surface area contributed by atoms with Gasteiger partial charge in [0.1, 0.15) is 11.5 Å². The molecule has 8 heteroatoms. The molecule has 0 spiro atoms. The van der Waals surface area contributed by atoms with Gasteiger partial charge in [0, 0.05) is 44.8 Å². The summed E-state index contributed by atoms with van der Waals surface area (Å²) in [6.45, 7) is 9.43. The summed E-state index contributed by atoms with van der Waals surface area (Å²) in [4.78, 5) is 6.72. The third kappa shape index (κ3) is 7.34. The first-order valence-corrected chi connectivity index (χ1v) is 9.09. The minimum absolute atomic E-state index is 0. The molecule has 7 nitrogen and oxygen atoms in total. The summed E-state index contributed by atoms with van der Waals surface area (Å²) in [5.41, 5.74) is 0.901. The molecular formula is C19H33IN4O3. The average molecular weight is 492 g/mol. The number of rotatable bonds is 7. The van der Waals surface area contributed by atoms with Crippen LogP contribution < -0.4 is 15.4 Å². The Hall–Kier alpha value is -1.26. The Morgan fingerprint density at radius 3 is 2.59 bits per heavy atom. The third-order valence-corrected chi connectivity index (χ3v) is 4.76. The normalized spacial score (nSPS) is 15.8. The van der Waals surface area contributed by atoms with Crippen LogP contribution in [0.4, 0.5) is 0 Å². The molecule has 1 aromatic carbocycles. The predicted octanol–water partition coefficient (Wildman–Crippen LogP) is 1.84. The number of hydrogen-bond acceptors (Lipinski definition) is 5. The first kappa shape index (κ1) is 23.8. The van der Waals surface area contributed by atoms with Gasteiger partial charge in [0.05, 0.1) is 20.3 Å². The van der Waals surface area contributed by atoms with Crippen LogP contribution in [0.3, 0.4) is 0 Å². The molecule has 1 fully saturated rings. The van der Waals surface area contributed by atoms with Crippen molar-refractivity contribution < 1.29 is 14.6 Å². The Labute approximate surface area is 179 Å². The minimum Gasteiger partial charge on any atom is -0.508 e. The highest BCUT2D eigenvalue weighted by Crippen LogP contribution is 2.23. The summed E-state index contributed by atoms with van der Waals surface area (Å²) in [7, 11) is 3.35. The number of guanidine groups is 1. The summed E-state index contributed by atoms with van der Waals surface area (Å²) in [6, 6.07) is 5.37. The van der Waals surface area contributed by atoms with E-state index in [-0.39, 0.29) is 35.3 Å². The molecule has 0 unspecified atom stereocenters. The lowest BCUT2D eigenvalue weighted by Gasteiger charge is -2.41. The lowest BCUT2D eigenvalue weighted by molar-refractivity contribution is -0.00833. The minimum atomic E-state index is 0. The van der Waals surface area contributed by atoms with Crippen molar-refractivity contribution in [2.45, 2.75) is 25.8 Å². The van der Waals surface area contributed by atoms with Crippen molar-refractivity contribution in [2.24, 2.45) is 4.99 Å². The molecule has 0 aromatic heterocycles. The van der Waals surface area contributed by atoms with Gasteiger partial charge < -0.3 is 25.2 Å². The molecule has 0 radical (unpaired) electrons. The van der Waals surface area contributed by atoms with Gasteiger partial charge >= 0.3 is 0 Å². The molecule has 1 heterocycles. The quantitative estimate of drug-likeness (QED) is 0.307. The van der Waals surface area contributed by atoms with E-state index in [1.165, 1.54) is 0 Å². The van der Waals surface area contributed by atoms with Crippen LogP contribution in [0.25, 0.3) is 0 Å². The molecule has 2 rings (SSSR count). The number of benzene rings is 1. The second-order valence-electron chi connectivity index (χ2n) is 7.01. The number of phenolic OH excluding ortho intramolecular Hbond substituents is 1. The highest BCUT2D eigenvalue weighted by molar-refractivity contribution is 14.0. The van der Waals surface area contributed by atoms with E-state index in [9.17, 15) is 5.11 Å². The molecule has 154 valence electrons. The van der Waals surface area contributed by atoms with Crippen LogP contribution in [0, 0.1) is 0 Å². The number of nitrogens with zero attached hydrogens (tertiary/aromatic N) is 2. The third-order valence-electron chi connectivity index (χ3n) is 4.76. The molecule has 0 bridgehead atoms. The molecule has 0 atom stereocenters. The average Bonchev–Trinajstić information content (AvgIpc) is 2.66. The largest absolute Gasteiger partial charge is 0.508 e. The standard InChI is InChI=1S/C19H32N4O3.HI/c1-19(2,23-9-11-26-12-10-23)14-22-18(20-3)21-8-7-15-5-6-16(25-4)13-17(15)24;/h5-6,13,24H,7-12,14H2,1-4H3,(H2,20,21,22);1H. The van der Waals surface area contributed by atoms with Crippen molar-refractivity contribution >= 4 is 29.9 Å². The van der Waals surface area contributed by atoms with Crippen molar-refractivity contribution in [3.05, 3.63) is 23.8 Å². The van der Waals surface area contributed by atoms with Crippen LogP contribution >= 0.6 is 24.0 Å². The summed E-state index contributed by atoms with van der Waals surface area (Å²) in [5, 5.41) is 16.7. The molecule has 1 aliphatic heterocycles. The SMILES string of the molecule is CN=C(NCCc1ccc(OC)cc1O)NCC(C)(C)N1CCOCC1.I. The maximum Gasteiger partial charge on any atom is 0.191 e. The first-order chi connectivity index (χ1) is 12.5. The van der Waals surface area contributed by atoms with Gasteiger partial charge in [0.25, 0.3) is 0 Å². The number of halogens is 1. The van der Waals surface area contributed by atoms with Crippen LogP contribution in [-0.4, -0.2) is 75.1 Å². The molecule has 1 aliphatic rings. The summed E-state index contributed by atoms with van der Waals surface area (Å²) in [5.74, 6) is 1.67. The van der Waals surface area contributed by atoms with E-state index in [1.54, 1.807) is 20.2 Å². The Balaban J connectivity index is 0.00000364. The number of hydrogen-bond donors (Lipinski definition) is 3.